The van der Waals surface area contributed by atoms with Crippen LogP contribution in [0.2, 0.25) is 0 Å². The van der Waals surface area contributed by atoms with Crippen LogP contribution in [-0.4, -0.2) is 45.9 Å². The van der Waals surface area contributed by atoms with Gasteiger partial charge in [0.1, 0.15) is 11.9 Å². The highest BCUT2D eigenvalue weighted by atomic mass is 16.6. The zero-order chi connectivity index (χ0) is 19.9. The molecule has 0 aliphatic heterocycles. The quantitative estimate of drug-likeness (QED) is 0.673. The second-order valence-electron chi connectivity index (χ2n) is 6.71. The first-order chi connectivity index (χ1) is 12.7. The highest BCUT2D eigenvalue weighted by Gasteiger charge is 2.15. The fourth-order valence-electron chi connectivity index (χ4n) is 2.03. The average molecular weight is 377 g/mol. The number of hydrogen-bond acceptors (Lipinski definition) is 7. The number of carboxylic acids is 1. The number of carboxylic acid groups (broad SMARTS) is 1. The van der Waals surface area contributed by atoms with Crippen LogP contribution < -0.4 is 10.1 Å². The third kappa shape index (κ3) is 6.96. The van der Waals surface area contributed by atoms with Gasteiger partial charge in [0.15, 0.2) is 5.69 Å². The number of ether oxygens (including phenoxy) is 2. The van der Waals surface area contributed by atoms with Crippen molar-refractivity contribution in [3.8, 4) is 17.3 Å². The minimum atomic E-state index is -1.16. The van der Waals surface area contributed by atoms with Crippen LogP contribution in [0.4, 0.5) is 4.79 Å². The molecule has 2 rings (SSSR count). The Labute approximate surface area is 156 Å². The molecule has 0 saturated heterocycles. The van der Waals surface area contributed by atoms with Gasteiger partial charge >= 0.3 is 12.1 Å². The van der Waals surface area contributed by atoms with E-state index in [2.05, 4.69) is 15.3 Å². The zero-order valence-corrected chi connectivity index (χ0v) is 15.5. The molecule has 2 N–H and O–H groups in total. The number of oxazole rings is 1. The summed E-state index contributed by atoms with van der Waals surface area (Å²) in [4.78, 5) is 30.3. The molecule has 2 heterocycles. The van der Waals surface area contributed by atoms with Crippen molar-refractivity contribution >= 4 is 12.1 Å². The topological polar surface area (TPSA) is 124 Å². The van der Waals surface area contributed by atoms with E-state index in [0.29, 0.717) is 31.0 Å². The highest BCUT2D eigenvalue weighted by Crippen LogP contribution is 2.21. The molecule has 9 nitrogen and oxygen atoms in total. The first kappa shape index (κ1) is 20.2. The van der Waals surface area contributed by atoms with Crippen LogP contribution in [0.3, 0.4) is 0 Å². The Bertz CT molecular complexity index is 781. The van der Waals surface area contributed by atoms with Crippen molar-refractivity contribution in [3.05, 3.63) is 30.3 Å². The lowest BCUT2D eigenvalue weighted by molar-refractivity contribution is 0.0525. The van der Waals surface area contributed by atoms with Crippen LogP contribution >= 0.6 is 0 Å². The normalized spacial score (nSPS) is 11.1. The van der Waals surface area contributed by atoms with Crippen molar-refractivity contribution < 1.29 is 28.6 Å². The Morgan fingerprint density at radius 1 is 1.30 bits per heavy atom. The van der Waals surface area contributed by atoms with E-state index in [9.17, 15) is 9.59 Å². The summed E-state index contributed by atoms with van der Waals surface area (Å²) in [7, 11) is 0. The van der Waals surface area contributed by atoms with Crippen molar-refractivity contribution in [2.75, 3.05) is 13.2 Å². The first-order valence-electron chi connectivity index (χ1n) is 8.49. The molecular weight excluding hydrogens is 354 g/mol. The minimum absolute atomic E-state index is 0.165. The van der Waals surface area contributed by atoms with Crippen LogP contribution in [0.5, 0.6) is 5.88 Å². The molecule has 0 bridgehead atoms. The average Bonchev–Trinajstić information content (AvgIpc) is 3.07. The van der Waals surface area contributed by atoms with Crippen LogP contribution in [0.1, 0.15) is 44.1 Å². The number of alkyl carbamates (subject to hydrolysis) is 1. The third-order valence-electron chi connectivity index (χ3n) is 3.19. The Morgan fingerprint density at radius 2 is 2.07 bits per heavy atom. The van der Waals surface area contributed by atoms with Gasteiger partial charge < -0.3 is 24.3 Å². The lowest BCUT2D eigenvalue weighted by Gasteiger charge is -2.19. The lowest BCUT2D eigenvalue weighted by Crippen LogP contribution is -2.33. The molecule has 0 atom stereocenters. The number of aromatic nitrogens is 2. The maximum atomic E-state index is 11.5. The number of amides is 1. The van der Waals surface area contributed by atoms with E-state index >= 15 is 0 Å². The largest absolute Gasteiger partial charge is 0.478 e. The predicted octanol–water partition coefficient (Wildman–Crippen LogP) is 3.12. The monoisotopic (exact) mass is 377 g/mol. The maximum Gasteiger partial charge on any atom is 0.407 e. The molecule has 0 aliphatic carbocycles. The van der Waals surface area contributed by atoms with Crippen LogP contribution in [-0.2, 0) is 4.74 Å². The van der Waals surface area contributed by atoms with E-state index in [1.807, 2.05) is 20.8 Å². The second-order valence-corrected chi connectivity index (χ2v) is 6.71. The van der Waals surface area contributed by atoms with E-state index < -0.39 is 17.7 Å². The van der Waals surface area contributed by atoms with Gasteiger partial charge in [0.2, 0.25) is 11.8 Å². The summed E-state index contributed by atoms with van der Waals surface area (Å²) >= 11 is 0. The molecule has 0 aromatic carbocycles. The van der Waals surface area contributed by atoms with Gasteiger partial charge in [-0.25, -0.2) is 19.6 Å². The van der Waals surface area contributed by atoms with Crippen molar-refractivity contribution in [2.24, 2.45) is 0 Å². The number of carbonyl (C=O) groups excluding carboxylic acids is 1. The van der Waals surface area contributed by atoms with E-state index in [1.54, 1.807) is 12.1 Å². The molecule has 27 heavy (non-hydrogen) atoms. The molecule has 2 aromatic heterocycles. The Kier molecular flexibility index (Phi) is 6.75. The SMILES string of the molecule is CC(C)(C)OC(=O)NCCCCOc1cc(-c2nc(C(=O)O)co2)ccn1. The number of nitrogens with one attached hydrogen (secondary N) is 1. The molecule has 0 unspecified atom stereocenters. The van der Waals surface area contributed by atoms with E-state index in [4.69, 9.17) is 19.0 Å². The number of carbonyl (C=O) groups is 2. The molecule has 0 saturated carbocycles. The molecule has 2 aromatic rings. The van der Waals surface area contributed by atoms with Crippen LogP contribution in [0, 0.1) is 0 Å². The standard InChI is InChI=1S/C18H23N3O6/c1-18(2,3)27-17(24)20-7-4-5-9-25-14-10-12(6-8-19-14)15-21-13(11-26-15)16(22)23/h6,8,10-11H,4-5,7,9H2,1-3H3,(H,20,24)(H,22,23). The highest BCUT2D eigenvalue weighted by molar-refractivity contribution is 5.85. The molecule has 0 radical (unpaired) electrons. The van der Waals surface area contributed by atoms with Crippen molar-refractivity contribution in [2.45, 2.75) is 39.2 Å². The van der Waals surface area contributed by atoms with E-state index in [1.165, 1.54) is 6.20 Å². The fraction of sp³-hybridized carbons (Fsp3) is 0.444. The Hall–Kier alpha value is -3.10. The number of unbranched alkanes of at least 4 members (excludes halogenated alkanes) is 1. The molecule has 0 fully saturated rings. The smallest absolute Gasteiger partial charge is 0.407 e. The summed E-state index contributed by atoms with van der Waals surface area (Å²) in [6.45, 7) is 6.32. The summed E-state index contributed by atoms with van der Waals surface area (Å²) in [5.74, 6) is -0.598. The van der Waals surface area contributed by atoms with Gasteiger partial charge in [0.25, 0.3) is 0 Å². The van der Waals surface area contributed by atoms with Gasteiger partial charge in [-0.1, -0.05) is 0 Å². The van der Waals surface area contributed by atoms with Crippen molar-refractivity contribution in [1.29, 1.82) is 0 Å². The minimum Gasteiger partial charge on any atom is -0.478 e. The first-order valence-corrected chi connectivity index (χ1v) is 8.49. The third-order valence-corrected chi connectivity index (χ3v) is 3.19. The maximum absolute atomic E-state index is 11.5. The molecule has 0 aliphatic rings. The van der Waals surface area contributed by atoms with Gasteiger partial charge in [0, 0.05) is 24.4 Å². The lowest BCUT2D eigenvalue weighted by atomic mass is 10.2. The van der Waals surface area contributed by atoms with Crippen LogP contribution in [0.15, 0.2) is 29.0 Å². The molecule has 9 heteroatoms. The molecule has 1 amide bonds. The van der Waals surface area contributed by atoms with Gasteiger partial charge in [-0.3, -0.25) is 0 Å². The molecule has 0 spiro atoms. The second kappa shape index (κ2) is 9.02. The summed E-state index contributed by atoms with van der Waals surface area (Å²) < 4.78 is 15.9. The van der Waals surface area contributed by atoms with E-state index in [-0.39, 0.29) is 11.6 Å². The molecular formula is C18H23N3O6. The number of rotatable bonds is 8. The van der Waals surface area contributed by atoms with Gasteiger partial charge in [-0.2, -0.15) is 0 Å². The van der Waals surface area contributed by atoms with Crippen molar-refractivity contribution in [3.63, 3.8) is 0 Å². The zero-order valence-electron chi connectivity index (χ0n) is 15.5. The fourth-order valence-corrected chi connectivity index (χ4v) is 2.03. The number of aromatic carboxylic acids is 1. The van der Waals surface area contributed by atoms with Gasteiger partial charge in [0.05, 0.1) is 6.61 Å². The summed E-state index contributed by atoms with van der Waals surface area (Å²) in [6.07, 6.45) is 3.60. The Morgan fingerprint density at radius 3 is 2.74 bits per heavy atom. The van der Waals surface area contributed by atoms with E-state index in [0.717, 1.165) is 12.7 Å². The number of pyridine rings is 1. The van der Waals surface area contributed by atoms with Crippen LogP contribution in [0.25, 0.3) is 11.5 Å². The summed E-state index contributed by atoms with van der Waals surface area (Å²) in [5.41, 5.74) is -0.112. The molecule has 146 valence electrons. The number of hydrogen-bond donors (Lipinski definition) is 2. The summed E-state index contributed by atoms with van der Waals surface area (Å²) in [5, 5.41) is 11.6. The van der Waals surface area contributed by atoms with Crippen molar-refractivity contribution in [1.82, 2.24) is 15.3 Å². The Balaban J connectivity index is 1.74. The predicted molar refractivity (Wildman–Crippen MR) is 95.7 cm³/mol. The van der Waals surface area contributed by atoms with Gasteiger partial charge in [-0.15, -0.1) is 0 Å². The summed E-state index contributed by atoms with van der Waals surface area (Å²) in [6, 6.07) is 3.27. The van der Waals surface area contributed by atoms with Gasteiger partial charge in [-0.05, 0) is 39.7 Å². The number of nitrogens with zero attached hydrogens (tertiary/aromatic N) is 2.